The standard InChI is InChI=1S/C22H22FN5O4/c1-15(30)2-5-18-12-27(22(31)32-18)17-4-6-19(20(23)10-17)16-3-7-21(24-11-16)28-9-8-26(14-29)13-25-28/h3-4,6-7,10-11,13-14,18H,2,5,8-9,12H2,1H3/t18-/m0/s1. The van der Waals surface area contributed by atoms with Crippen molar-refractivity contribution in [2.24, 2.45) is 5.10 Å². The number of carbonyl (C=O) groups is 3. The number of carbonyl (C=O) groups excluding carboxylic acids is 3. The summed E-state index contributed by atoms with van der Waals surface area (Å²) in [5.74, 6) is 0.128. The molecule has 2 amide bonds. The number of ketones is 1. The molecule has 166 valence electrons. The molecule has 1 aromatic heterocycles. The average molecular weight is 439 g/mol. The molecule has 4 rings (SSSR count). The number of aromatic nitrogens is 1. The molecule has 0 aliphatic carbocycles. The molecule has 0 unspecified atom stereocenters. The predicted molar refractivity (Wildman–Crippen MR) is 116 cm³/mol. The molecule has 2 aliphatic heterocycles. The Hall–Kier alpha value is -3.82. The van der Waals surface area contributed by atoms with Crippen LogP contribution in [0.5, 0.6) is 0 Å². The molecule has 2 aliphatic rings. The Morgan fingerprint density at radius 1 is 1.28 bits per heavy atom. The molecule has 3 heterocycles. The minimum atomic E-state index is -0.549. The van der Waals surface area contributed by atoms with Crippen LogP contribution >= 0.6 is 0 Å². The number of pyridine rings is 1. The highest BCUT2D eigenvalue weighted by Gasteiger charge is 2.32. The van der Waals surface area contributed by atoms with Gasteiger partial charge in [0, 0.05) is 30.3 Å². The van der Waals surface area contributed by atoms with Gasteiger partial charge in [-0.15, -0.1) is 0 Å². The van der Waals surface area contributed by atoms with Gasteiger partial charge in [-0.2, -0.15) is 5.10 Å². The van der Waals surface area contributed by atoms with Crippen LogP contribution in [0.25, 0.3) is 11.1 Å². The van der Waals surface area contributed by atoms with Crippen LogP contribution in [0.2, 0.25) is 0 Å². The fourth-order valence-corrected chi connectivity index (χ4v) is 3.56. The molecule has 0 bridgehead atoms. The lowest BCUT2D eigenvalue weighted by molar-refractivity contribution is -0.117. The number of benzene rings is 1. The summed E-state index contributed by atoms with van der Waals surface area (Å²) >= 11 is 0. The van der Waals surface area contributed by atoms with Gasteiger partial charge in [0.2, 0.25) is 6.41 Å². The van der Waals surface area contributed by atoms with Crippen LogP contribution in [0.3, 0.4) is 0 Å². The zero-order valence-electron chi connectivity index (χ0n) is 17.5. The lowest BCUT2D eigenvalue weighted by atomic mass is 10.1. The highest BCUT2D eigenvalue weighted by molar-refractivity contribution is 5.90. The van der Waals surface area contributed by atoms with Crippen LogP contribution in [0.1, 0.15) is 19.8 Å². The Labute approximate surface area is 184 Å². The number of ether oxygens (including phenoxy) is 1. The van der Waals surface area contributed by atoms with E-state index in [2.05, 4.69) is 10.1 Å². The highest BCUT2D eigenvalue weighted by atomic mass is 19.1. The van der Waals surface area contributed by atoms with E-state index in [9.17, 15) is 18.8 Å². The first-order chi connectivity index (χ1) is 15.4. The molecule has 2 aromatic rings. The van der Waals surface area contributed by atoms with Gasteiger partial charge >= 0.3 is 6.09 Å². The molecular weight excluding hydrogens is 417 g/mol. The maximum Gasteiger partial charge on any atom is 0.414 e. The number of rotatable bonds is 7. The monoisotopic (exact) mass is 439 g/mol. The number of nitrogens with zero attached hydrogens (tertiary/aromatic N) is 5. The SMILES string of the molecule is CC(=O)CC[C@H]1CN(c2ccc(-c3ccc(N4CCN(C=O)C=N4)nc3)c(F)c2)C(=O)O1. The Bertz CT molecular complexity index is 1060. The lowest BCUT2D eigenvalue weighted by Crippen LogP contribution is -2.37. The molecule has 0 N–H and O–H groups in total. The minimum Gasteiger partial charge on any atom is -0.444 e. The summed E-state index contributed by atoms with van der Waals surface area (Å²) < 4.78 is 20.2. The molecule has 1 fully saturated rings. The van der Waals surface area contributed by atoms with Gasteiger partial charge < -0.3 is 14.4 Å². The molecule has 1 saturated heterocycles. The zero-order valence-corrected chi connectivity index (χ0v) is 17.5. The van der Waals surface area contributed by atoms with Crippen molar-refractivity contribution in [1.82, 2.24) is 9.88 Å². The van der Waals surface area contributed by atoms with E-state index in [-0.39, 0.29) is 18.4 Å². The second kappa shape index (κ2) is 9.13. The third kappa shape index (κ3) is 4.58. The van der Waals surface area contributed by atoms with Crippen molar-refractivity contribution in [3.63, 3.8) is 0 Å². The van der Waals surface area contributed by atoms with E-state index in [4.69, 9.17) is 4.74 Å². The van der Waals surface area contributed by atoms with Gasteiger partial charge in [0.25, 0.3) is 0 Å². The van der Waals surface area contributed by atoms with E-state index in [0.717, 1.165) is 0 Å². The number of anilines is 2. The normalized spacial score (nSPS) is 18.1. The number of hydrogen-bond acceptors (Lipinski definition) is 7. The van der Waals surface area contributed by atoms with Crippen LogP contribution in [-0.4, -0.2) is 60.2 Å². The first kappa shape index (κ1) is 21.4. The maximum atomic E-state index is 14.9. The van der Waals surface area contributed by atoms with Crippen molar-refractivity contribution < 1.29 is 23.5 Å². The minimum absolute atomic E-state index is 0.0320. The Kier molecular flexibility index (Phi) is 6.11. The Balaban J connectivity index is 1.46. The number of halogens is 1. The summed E-state index contributed by atoms with van der Waals surface area (Å²) in [7, 11) is 0. The quantitative estimate of drug-likeness (QED) is 0.616. The molecule has 0 spiro atoms. The summed E-state index contributed by atoms with van der Waals surface area (Å²) in [5, 5.41) is 5.82. The van der Waals surface area contributed by atoms with E-state index in [1.165, 1.54) is 29.1 Å². The fraction of sp³-hybridized carbons (Fsp3) is 0.318. The van der Waals surface area contributed by atoms with Gasteiger partial charge in [0.05, 0.1) is 18.8 Å². The number of amides is 2. The molecular formula is C22H22FN5O4. The van der Waals surface area contributed by atoms with Crippen LogP contribution in [-0.2, 0) is 14.3 Å². The van der Waals surface area contributed by atoms with Gasteiger partial charge in [-0.1, -0.05) is 0 Å². The van der Waals surface area contributed by atoms with Crippen LogP contribution in [0.15, 0.2) is 41.6 Å². The van der Waals surface area contributed by atoms with Crippen molar-refractivity contribution in [1.29, 1.82) is 0 Å². The number of hydrazone groups is 1. The van der Waals surface area contributed by atoms with E-state index >= 15 is 0 Å². The maximum absolute atomic E-state index is 14.9. The third-order valence-electron chi connectivity index (χ3n) is 5.32. The highest BCUT2D eigenvalue weighted by Crippen LogP contribution is 2.30. The summed E-state index contributed by atoms with van der Waals surface area (Å²) in [6.45, 7) is 2.77. The summed E-state index contributed by atoms with van der Waals surface area (Å²) in [4.78, 5) is 41.2. The third-order valence-corrected chi connectivity index (χ3v) is 5.32. The summed E-state index contributed by atoms with van der Waals surface area (Å²) in [5.41, 5.74) is 1.33. The summed E-state index contributed by atoms with van der Waals surface area (Å²) in [6, 6.07) is 8.02. The van der Waals surface area contributed by atoms with Crippen LogP contribution < -0.4 is 9.91 Å². The Morgan fingerprint density at radius 3 is 2.75 bits per heavy atom. The predicted octanol–water partition coefficient (Wildman–Crippen LogP) is 2.80. The van der Waals surface area contributed by atoms with Gasteiger partial charge in [0.1, 0.15) is 29.9 Å². The van der Waals surface area contributed by atoms with Crippen LogP contribution in [0, 0.1) is 5.82 Å². The zero-order chi connectivity index (χ0) is 22.7. The Morgan fingerprint density at radius 2 is 2.12 bits per heavy atom. The van der Waals surface area contributed by atoms with E-state index in [1.54, 1.807) is 35.5 Å². The first-order valence-corrected chi connectivity index (χ1v) is 10.2. The molecule has 9 nitrogen and oxygen atoms in total. The molecule has 10 heteroatoms. The molecule has 0 radical (unpaired) electrons. The van der Waals surface area contributed by atoms with Gasteiger partial charge in [0.15, 0.2) is 0 Å². The molecule has 1 atom stereocenters. The lowest BCUT2D eigenvalue weighted by Gasteiger charge is -2.25. The van der Waals surface area contributed by atoms with Crippen molar-refractivity contribution in [2.45, 2.75) is 25.9 Å². The summed E-state index contributed by atoms with van der Waals surface area (Å²) in [6.07, 6.45) is 3.53. The van der Waals surface area contributed by atoms with Gasteiger partial charge in [-0.25, -0.2) is 19.2 Å². The number of cyclic esters (lactones) is 1. The topological polar surface area (TPSA) is 95.4 Å². The van der Waals surface area contributed by atoms with E-state index < -0.39 is 11.9 Å². The number of Topliss-reactive ketones (excluding diaryl/α,β-unsaturated/α-hetero) is 1. The smallest absolute Gasteiger partial charge is 0.414 e. The van der Waals surface area contributed by atoms with E-state index in [1.807, 2.05) is 0 Å². The first-order valence-electron chi connectivity index (χ1n) is 10.2. The number of hydrogen-bond donors (Lipinski definition) is 0. The van der Waals surface area contributed by atoms with E-state index in [0.29, 0.717) is 55.0 Å². The van der Waals surface area contributed by atoms with Crippen molar-refractivity contribution in [3.8, 4) is 11.1 Å². The second-order valence-electron chi connectivity index (χ2n) is 7.62. The molecule has 0 saturated carbocycles. The van der Waals surface area contributed by atoms with Crippen molar-refractivity contribution >= 4 is 36.1 Å². The molecule has 32 heavy (non-hydrogen) atoms. The molecule has 1 aromatic carbocycles. The largest absolute Gasteiger partial charge is 0.444 e. The van der Waals surface area contributed by atoms with Crippen LogP contribution in [0.4, 0.5) is 20.7 Å². The second-order valence-corrected chi connectivity index (χ2v) is 7.62. The fourth-order valence-electron chi connectivity index (χ4n) is 3.56. The van der Waals surface area contributed by atoms with Crippen molar-refractivity contribution in [2.75, 3.05) is 29.5 Å². The van der Waals surface area contributed by atoms with Gasteiger partial charge in [-0.3, -0.25) is 9.69 Å². The average Bonchev–Trinajstić information content (AvgIpc) is 3.18. The van der Waals surface area contributed by atoms with Crippen molar-refractivity contribution in [3.05, 3.63) is 42.3 Å². The van der Waals surface area contributed by atoms with Gasteiger partial charge in [-0.05, 0) is 43.7 Å².